The fraction of sp³-hybridized carbons (Fsp3) is 0.333. The summed E-state index contributed by atoms with van der Waals surface area (Å²) in [4.78, 5) is 0. The number of hydrogen-bond acceptors (Lipinski definition) is 2. The average molecular weight is 344 g/mol. The van der Waals surface area contributed by atoms with E-state index in [1.807, 2.05) is 37.3 Å². The van der Waals surface area contributed by atoms with Crippen LogP contribution < -0.4 is 4.74 Å². The van der Waals surface area contributed by atoms with Crippen LogP contribution in [0.15, 0.2) is 48.6 Å². The minimum Gasteiger partial charge on any atom is -0.494 e. The van der Waals surface area contributed by atoms with E-state index in [9.17, 15) is 8.78 Å². The van der Waals surface area contributed by atoms with Crippen LogP contribution in [0.2, 0.25) is 0 Å². The van der Waals surface area contributed by atoms with Crippen LogP contribution in [0.5, 0.6) is 5.75 Å². The van der Waals surface area contributed by atoms with Crippen LogP contribution in [0, 0.1) is 11.6 Å². The third-order valence-corrected chi connectivity index (χ3v) is 4.68. The summed E-state index contributed by atoms with van der Waals surface area (Å²) in [5.41, 5.74) is 2.04. The second-order valence-corrected chi connectivity index (χ2v) is 6.24. The van der Waals surface area contributed by atoms with Crippen LogP contribution in [-0.4, -0.2) is 19.8 Å². The maximum Gasteiger partial charge on any atom is 0.201 e. The highest BCUT2D eigenvalue weighted by atomic mass is 19.2. The molecule has 0 amide bonds. The second kappa shape index (κ2) is 7.79. The van der Waals surface area contributed by atoms with Gasteiger partial charge in [0.1, 0.15) is 0 Å². The van der Waals surface area contributed by atoms with Crippen molar-refractivity contribution in [3.63, 3.8) is 0 Å². The molecule has 25 heavy (non-hydrogen) atoms. The highest BCUT2D eigenvalue weighted by molar-refractivity contribution is 5.65. The van der Waals surface area contributed by atoms with E-state index in [0.717, 1.165) is 18.4 Å². The predicted molar refractivity (Wildman–Crippen MR) is 94.9 cm³/mol. The third kappa shape index (κ3) is 3.74. The fourth-order valence-electron chi connectivity index (χ4n) is 3.25. The van der Waals surface area contributed by atoms with Gasteiger partial charge in [-0.05, 0) is 43.0 Å². The Hall–Kier alpha value is -2.20. The molecule has 1 fully saturated rings. The lowest BCUT2D eigenvalue weighted by molar-refractivity contribution is 0.0326. The predicted octanol–water partition coefficient (Wildman–Crippen LogP) is 5.48. The normalized spacial score (nSPS) is 20.8. The first-order valence-corrected chi connectivity index (χ1v) is 8.50. The van der Waals surface area contributed by atoms with Crippen molar-refractivity contribution in [3.8, 4) is 16.9 Å². The van der Waals surface area contributed by atoms with Gasteiger partial charge in [-0.3, -0.25) is 0 Å². The van der Waals surface area contributed by atoms with Crippen molar-refractivity contribution < 1.29 is 18.3 Å². The van der Waals surface area contributed by atoms with E-state index < -0.39 is 11.6 Å². The molecule has 0 radical (unpaired) electrons. The number of methoxy groups -OCH3 is 1. The molecule has 132 valence electrons. The van der Waals surface area contributed by atoms with Crippen molar-refractivity contribution in [3.05, 3.63) is 65.7 Å². The van der Waals surface area contributed by atoms with E-state index in [4.69, 9.17) is 9.47 Å². The molecule has 0 spiro atoms. The molecule has 0 N–H and O–H groups in total. The Morgan fingerprint density at radius 1 is 1.04 bits per heavy atom. The van der Waals surface area contributed by atoms with E-state index in [0.29, 0.717) is 18.1 Å². The van der Waals surface area contributed by atoms with Crippen LogP contribution in [0.4, 0.5) is 8.78 Å². The minimum absolute atomic E-state index is 0.0899. The number of halogens is 2. The number of benzene rings is 2. The molecule has 2 aromatic rings. The summed E-state index contributed by atoms with van der Waals surface area (Å²) in [6.45, 7) is 2.68. The van der Waals surface area contributed by atoms with Gasteiger partial charge in [0.2, 0.25) is 5.82 Å². The summed E-state index contributed by atoms with van der Waals surface area (Å²) in [7, 11) is 1.32. The van der Waals surface area contributed by atoms with Crippen molar-refractivity contribution in [2.24, 2.45) is 0 Å². The maximum atomic E-state index is 14.2. The van der Waals surface area contributed by atoms with Gasteiger partial charge in [-0.2, -0.15) is 4.39 Å². The Bertz CT molecular complexity index is 745. The Morgan fingerprint density at radius 3 is 2.40 bits per heavy atom. The highest BCUT2D eigenvalue weighted by Crippen LogP contribution is 2.33. The largest absolute Gasteiger partial charge is 0.494 e. The molecule has 0 saturated carbocycles. The van der Waals surface area contributed by atoms with Crippen molar-refractivity contribution in [2.75, 3.05) is 13.7 Å². The van der Waals surface area contributed by atoms with Crippen molar-refractivity contribution >= 4 is 0 Å². The Balaban J connectivity index is 1.76. The number of allylic oxidation sites excluding steroid dienone is 1. The van der Waals surface area contributed by atoms with Crippen LogP contribution in [0.1, 0.15) is 31.2 Å². The van der Waals surface area contributed by atoms with Gasteiger partial charge in [0.15, 0.2) is 11.6 Å². The Morgan fingerprint density at radius 2 is 1.80 bits per heavy atom. The zero-order valence-electron chi connectivity index (χ0n) is 14.5. The van der Waals surface area contributed by atoms with Crippen LogP contribution >= 0.6 is 0 Å². The van der Waals surface area contributed by atoms with Gasteiger partial charge in [0.05, 0.1) is 19.8 Å². The standard InChI is InChI=1S/C21H22F2O2/c1-3-4-17-10-9-16(13-25-17)14-5-7-15(8-6-14)18-11-12-19(24-2)21(23)20(18)22/h3-8,11-12,16-17H,9-10,13H2,1-2H3/b4-3+. The van der Waals surface area contributed by atoms with E-state index >= 15 is 0 Å². The van der Waals surface area contributed by atoms with Gasteiger partial charge >= 0.3 is 0 Å². The lowest BCUT2D eigenvalue weighted by atomic mass is 9.90. The number of ether oxygens (including phenoxy) is 2. The van der Waals surface area contributed by atoms with Gasteiger partial charge in [-0.25, -0.2) is 4.39 Å². The molecule has 1 heterocycles. The molecule has 0 aliphatic carbocycles. The molecule has 1 saturated heterocycles. The first-order valence-electron chi connectivity index (χ1n) is 8.50. The number of hydrogen-bond donors (Lipinski definition) is 0. The van der Waals surface area contributed by atoms with Crippen LogP contribution in [0.25, 0.3) is 11.1 Å². The molecular formula is C21H22F2O2. The van der Waals surface area contributed by atoms with Crippen molar-refractivity contribution in [1.29, 1.82) is 0 Å². The van der Waals surface area contributed by atoms with Gasteiger partial charge in [0.25, 0.3) is 0 Å². The lowest BCUT2D eigenvalue weighted by Crippen LogP contribution is -2.23. The Kier molecular flexibility index (Phi) is 5.49. The molecule has 4 heteroatoms. The molecule has 2 aromatic carbocycles. The smallest absolute Gasteiger partial charge is 0.201 e. The molecule has 2 unspecified atom stereocenters. The van der Waals surface area contributed by atoms with E-state index in [2.05, 4.69) is 6.08 Å². The van der Waals surface area contributed by atoms with Gasteiger partial charge in [-0.15, -0.1) is 0 Å². The zero-order valence-corrected chi connectivity index (χ0v) is 14.5. The fourth-order valence-corrected chi connectivity index (χ4v) is 3.25. The number of rotatable bonds is 4. The summed E-state index contributed by atoms with van der Waals surface area (Å²) in [6.07, 6.45) is 6.36. The molecule has 1 aliphatic rings. The topological polar surface area (TPSA) is 18.5 Å². The SMILES string of the molecule is C/C=C/C1CCC(c2ccc(-c3ccc(OC)c(F)c3F)cc2)CO1. The maximum absolute atomic E-state index is 14.2. The molecule has 1 aliphatic heterocycles. The van der Waals surface area contributed by atoms with Gasteiger partial charge in [-0.1, -0.05) is 36.4 Å². The average Bonchev–Trinajstić information content (AvgIpc) is 2.65. The van der Waals surface area contributed by atoms with E-state index in [1.165, 1.54) is 19.2 Å². The summed E-state index contributed by atoms with van der Waals surface area (Å²) < 4.78 is 38.8. The molecular weight excluding hydrogens is 322 g/mol. The van der Waals surface area contributed by atoms with Crippen molar-refractivity contribution in [1.82, 2.24) is 0 Å². The van der Waals surface area contributed by atoms with Gasteiger partial charge < -0.3 is 9.47 Å². The lowest BCUT2D eigenvalue weighted by Gasteiger charge is -2.27. The molecule has 3 rings (SSSR count). The summed E-state index contributed by atoms with van der Waals surface area (Å²) in [6, 6.07) is 10.6. The van der Waals surface area contributed by atoms with Crippen molar-refractivity contribution in [2.45, 2.75) is 31.8 Å². The van der Waals surface area contributed by atoms with E-state index in [1.54, 1.807) is 0 Å². The highest BCUT2D eigenvalue weighted by Gasteiger charge is 2.21. The molecule has 0 bridgehead atoms. The van der Waals surface area contributed by atoms with Gasteiger partial charge in [0, 0.05) is 11.5 Å². The first-order chi connectivity index (χ1) is 12.1. The first kappa shape index (κ1) is 17.6. The monoisotopic (exact) mass is 344 g/mol. The summed E-state index contributed by atoms with van der Waals surface area (Å²) >= 11 is 0. The van der Waals surface area contributed by atoms with Crippen LogP contribution in [-0.2, 0) is 4.74 Å². The minimum atomic E-state index is -0.959. The molecule has 2 atom stereocenters. The second-order valence-electron chi connectivity index (χ2n) is 6.24. The molecule has 2 nitrogen and oxygen atoms in total. The quantitative estimate of drug-likeness (QED) is 0.684. The summed E-state index contributed by atoms with van der Waals surface area (Å²) in [5.74, 6) is -1.59. The van der Waals surface area contributed by atoms with E-state index in [-0.39, 0.29) is 17.4 Å². The molecule has 0 aromatic heterocycles. The third-order valence-electron chi connectivity index (χ3n) is 4.68. The summed E-state index contributed by atoms with van der Waals surface area (Å²) in [5, 5.41) is 0. The van der Waals surface area contributed by atoms with Crippen LogP contribution in [0.3, 0.4) is 0 Å². The zero-order chi connectivity index (χ0) is 17.8. The Labute approximate surface area is 147 Å².